The molecule has 38 heavy (non-hydrogen) atoms. The van der Waals surface area contributed by atoms with Gasteiger partial charge in [-0.2, -0.15) is 0 Å². The number of pyridine rings is 1. The standard InChI is InChI=1S/C31H36N4O3/c1-35(30(37)38)25-14-8-21(9-15-25)18-29(36)34-28-19-26(22-6-3-2-4-7-22)27(20-33-28)23-10-12-24(13-11-23)31(32)16-5-17-31/h2-4,6-7,10-13,19-21,25H,5,8-9,14-18,32H2,1H3,(H,37,38)(H,33,34,36)/t21-,25-. The molecule has 7 heteroatoms. The van der Waals surface area contributed by atoms with Crippen LogP contribution in [0.3, 0.4) is 0 Å². The van der Waals surface area contributed by atoms with Crippen LogP contribution in [-0.2, 0) is 10.3 Å². The smallest absolute Gasteiger partial charge is 0.407 e. The summed E-state index contributed by atoms with van der Waals surface area (Å²) in [6, 6.07) is 20.6. The van der Waals surface area contributed by atoms with Gasteiger partial charge in [-0.3, -0.25) is 4.79 Å². The second kappa shape index (κ2) is 11.0. The number of nitrogens with two attached hydrogens (primary N) is 1. The van der Waals surface area contributed by atoms with Crippen LogP contribution in [0.15, 0.2) is 66.9 Å². The number of aromatic nitrogens is 1. The third kappa shape index (κ3) is 5.58. The van der Waals surface area contributed by atoms with Crippen LogP contribution in [0.25, 0.3) is 22.3 Å². The maximum atomic E-state index is 12.9. The summed E-state index contributed by atoms with van der Waals surface area (Å²) in [6.45, 7) is 0. The molecule has 198 valence electrons. The maximum Gasteiger partial charge on any atom is 0.407 e. The van der Waals surface area contributed by atoms with Crippen LogP contribution in [0.4, 0.5) is 10.6 Å². The molecule has 0 unspecified atom stereocenters. The minimum Gasteiger partial charge on any atom is -0.465 e. The molecule has 1 aromatic heterocycles. The largest absolute Gasteiger partial charge is 0.465 e. The van der Waals surface area contributed by atoms with Gasteiger partial charge in [-0.15, -0.1) is 0 Å². The molecule has 0 radical (unpaired) electrons. The minimum atomic E-state index is -0.896. The van der Waals surface area contributed by atoms with E-state index in [1.54, 1.807) is 7.05 Å². The van der Waals surface area contributed by atoms with Crippen molar-refractivity contribution in [3.8, 4) is 22.3 Å². The molecule has 4 N–H and O–H groups in total. The van der Waals surface area contributed by atoms with Crippen molar-refractivity contribution < 1.29 is 14.7 Å². The zero-order chi connectivity index (χ0) is 26.7. The monoisotopic (exact) mass is 512 g/mol. The fourth-order valence-electron chi connectivity index (χ4n) is 5.79. The van der Waals surface area contributed by atoms with Gasteiger partial charge in [-0.1, -0.05) is 54.6 Å². The van der Waals surface area contributed by atoms with Crippen LogP contribution in [-0.4, -0.2) is 40.1 Å². The summed E-state index contributed by atoms with van der Waals surface area (Å²) in [7, 11) is 1.62. The zero-order valence-electron chi connectivity index (χ0n) is 21.9. The van der Waals surface area contributed by atoms with Gasteiger partial charge in [0.25, 0.3) is 0 Å². The minimum absolute atomic E-state index is 0.0348. The Balaban J connectivity index is 1.30. The Morgan fingerprint density at radius 3 is 2.26 bits per heavy atom. The zero-order valence-corrected chi connectivity index (χ0v) is 21.9. The maximum absolute atomic E-state index is 12.9. The van der Waals surface area contributed by atoms with Crippen molar-refractivity contribution in [3.05, 3.63) is 72.4 Å². The SMILES string of the molecule is CN(C(=O)O)[C@H]1CC[C@H](CC(=O)Nc2cc(-c3ccccc3)c(-c3ccc(C4(N)CCC4)cc3)cn2)CC1. The number of hydrogen-bond acceptors (Lipinski definition) is 4. The Kier molecular flexibility index (Phi) is 7.47. The average Bonchev–Trinajstić information content (AvgIpc) is 2.92. The number of carbonyl (C=O) groups excluding carboxylic acids is 1. The lowest BCUT2D eigenvalue weighted by Gasteiger charge is -2.38. The van der Waals surface area contributed by atoms with E-state index >= 15 is 0 Å². The number of carbonyl (C=O) groups is 2. The molecule has 2 saturated carbocycles. The van der Waals surface area contributed by atoms with E-state index in [2.05, 4.69) is 46.7 Å². The highest BCUT2D eigenvalue weighted by atomic mass is 16.4. The van der Waals surface area contributed by atoms with E-state index in [4.69, 9.17) is 5.73 Å². The van der Waals surface area contributed by atoms with E-state index in [1.807, 2.05) is 30.5 Å². The molecule has 2 fully saturated rings. The summed E-state index contributed by atoms with van der Waals surface area (Å²) < 4.78 is 0. The molecule has 2 aliphatic rings. The number of amides is 2. The van der Waals surface area contributed by atoms with E-state index < -0.39 is 6.09 Å². The van der Waals surface area contributed by atoms with Gasteiger partial charge in [0.05, 0.1) is 0 Å². The third-order valence-electron chi connectivity index (χ3n) is 8.41. The van der Waals surface area contributed by atoms with Gasteiger partial charge in [0.15, 0.2) is 0 Å². The number of anilines is 1. The van der Waals surface area contributed by atoms with E-state index in [1.165, 1.54) is 16.9 Å². The molecule has 7 nitrogen and oxygen atoms in total. The van der Waals surface area contributed by atoms with Crippen molar-refractivity contribution >= 4 is 17.8 Å². The molecule has 2 aromatic carbocycles. The Hall–Kier alpha value is -3.71. The summed E-state index contributed by atoms with van der Waals surface area (Å²) >= 11 is 0. The molecule has 0 saturated heterocycles. The lowest BCUT2D eigenvalue weighted by molar-refractivity contribution is -0.117. The van der Waals surface area contributed by atoms with Gasteiger partial charge < -0.3 is 21.1 Å². The molecular weight excluding hydrogens is 476 g/mol. The predicted octanol–water partition coefficient (Wildman–Crippen LogP) is 6.25. The van der Waals surface area contributed by atoms with Crippen LogP contribution in [0.2, 0.25) is 0 Å². The van der Waals surface area contributed by atoms with Crippen molar-refractivity contribution in [3.63, 3.8) is 0 Å². The molecule has 3 aromatic rings. The van der Waals surface area contributed by atoms with Gasteiger partial charge in [0.1, 0.15) is 5.82 Å². The van der Waals surface area contributed by atoms with Gasteiger partial charge in [0, 0.05) is 36.8 Å². The highest BCUT2D eigenvalue weighted by molar-refractivity contribution is 5.92. The van der Waals surface area contributed by atoms with Crippen LogP contribution < -0.4 is 11.1 Å². The summed E-state index contributed by atoms with van der Waals surface area (Å²) in [5.41, 5.74) is 11.6. The van der Waals surface area contributed by atoms with Crippen LogP contribution >= 0.6 is 0 Å². The number of carboxylic acid groups (broad SMARTS) is 1. The van der Waals surface area contributed by atoms with Crippen molar-refractivity contribution in [2.45, 2.75) is 62.9 Å². The quantitative estimate of drug-likeness (QED) is 0.347. The van der Waals surface area contributed by atoms with Crippen LogP contribution in [0.5, 0.6) is 0 Å². The van der Waals surface area contributed by atoms with Gasteiger partial charge in [-0.05, 0) is 79.2 Å². The number of nitrogens with zero attached hydrogens (tertiary/aromatic N) is 2. The topological polar surface area (TPSA) is 109 Å². The lowest BCUT2D eigenvalue weighted by atomic mass is 9.72. The van der Waals surface area contributed by atoms with E-state index in [0.29, 0.717) is 12.2 Å². The molecule has 5 rings (SSSR count). The van der Waals surface area contributed by atoms with Crippen molar-refractivity contribution in [1.82, 2.24) is 9.88 Å². The first-order valence-electron chi connectivity index (χ1n) is 13.5. The predicted molar refractivity (Wildman–Crippen MR) is 150 cm³/mol. The first-order valence-corrected chi connectivity index (χ1v) is 13.5. The average molecular weight is 513 g/mol. The number of rotatable bonds is 7. The van der Waals surface area contributed by atoms with Gasteiger partial charge >= 0.3 is 6.09 Å². The molecule has 0 bridgehead atoms. The van der Waals surface area contributed by atoms with Crippen molar-refractivity contribution in [1.29, 1.82) is 0 Å². The fourth-order valence-corrected chi connectivity index (χ4v) is 5.79. The molecule has 0 spiro atoms. The Morgan fingerprint density at radius 1 is 1.00 bits per heavy atom. The number of nitrogens with one attached hydrogen (secondary N) is 1. The van der Waals surface area contributed by atoms with Crippen molar-refractivity contribution in [2.75, 3.05) is 12.4 Å². The van der Waals surface area contributed by atoms with Gasteiger partial charge in [-0.25, -0.2) is 9.78 Å². The first-order chi connectivity index (χ1) is 18.3. The highest BCUT2D eigenvalue weighted by Crippen LogP contribution is 2.40. The van der Waals surface area contributed by atoms with Crippen molar-refractivity contribution in [2.24, 2.45) is 11.7 Å². The first kappa shape index (κ1) is 25.9. The Morgan fingerprint density at radius 2 is 1.66 bits per heavy atom. The normalized spacial score (nSPS) is 20.3. The van der Waals surface area contributed by atoms with Crippen LogP contribution in [0.1, 0.15) is 56.9 Å². The van der Waals surface area contributed by atoms with Gasteiger partial charge in [0.2, 0.25) is 5.91 Å². The van der Waals surface area contributed by atoms with E-state index in [0.717, 1.165) is 60.8 Å². The molecule has 1 heterocycles. The highest BCUT2D eigenvalue weighted by Gasteiger charge is 2.34. The third-order valence-corrected chi connectivity index (χ3v) is 8.41. The molecule has 2 amide bonds. The Labute approximate surface area is 224 Å². The second-order valence-electron chi connectivity index (χ2n) is 10.9. The number of benzene rings is 2. The fraction of sp³-hybridized carbons (Fsp3) is 0.387. The summed E-state index contributed by atoms with van der Waals surface area (Å²) in [5.74, 6) is 0.725. The molecule has 0 atom stereocenters. The summed E-state index contributed by atoms with van der Waals surface area (Å²) in [6.07, 6.45) is 7.85. The summed E-state index contributed by atoms with van der Waals surface area (Å²) in [5, 5.41) is 12.2. The Bertz CT molecular complexity index is 1280. The van der Waals surface area contributed by atoms with E-state index in [9.17, 15) is 14.7 Å². The molecular formula is C31H36N4O3. The number of hydrogen-bond donors (Lipinski definition) is 3. The summed E-state index contributed by atoms with van der Waals surface area (Å²) in [4.78, 5) is 30.1. The molecule has 0 aliphatic heterocycles. The van der Waals surface area contributed by atoms with E-state index in [-0.39, 0.29) is 23.4 Å². The lowest BCUT2D eigenvalue weighted by Crippen LogP contribution is -2.43. The van der Waals surface area contributed by atoms with Crippen LogP contribution in [0, 0.1) is 5.92 Å². The second-order valence-corrected chi connectivity index (χ2v) is 10.9. The molecule has 2 aliphatic carbocycles.